The maximum atomic E-state index is 12.7. The Morgan fingerprint density at radius 1 is 1.16 bits per heavy atom. The fraction of sp³-hybridized carbons (Fsp3) is 0.400. The molecule has 2 N–H and O–H groups in total. The first-order valence-corrected chi connectivity index (χ1v) is 12.1. The molecule has 0 aliphatic carbocycles. The van der Waals surface area contributed by atoms with E-state index in [1.165, 1.54) is 17.5 Å². The van der Waals surface area contributed by atoms with Crippen LogP contribution in [0.3, 0.4) is 0 Å². The predicted octanol–water partition coefficient (Wildman–Crippen LogP) is 0.587. The highest BCUT2D eigenvalue weighted by Gasteiger charge is 2.37. The smallest absolute Gasteiger partial charge is 0.309 e. The average molecular weight is 484 g/mol. The molecular formula is C20H25N3O7S2. The fourth-order valence-electron chi connectivity index (χ4n) is 3.16. The lowest BCUT2D eigenvalue weighted by Gasteiger charge is -2.22. The lowest BCUT2D eigenvalue weighted by atomic mass is 10.1. The van der Waals surface area contributed by atoms with Crippen LogP contribution in [0.2, 0.25) is 0 Å². The van der Waals surface area contributed by atoms with Crippen molar-refractivity contribution in [2.45, 2.75) is 16.9 Å². The molecule has 2 aromatic rings. The van der Waals surface area contributed by atoms with Crippen LogP contribution >= 0.6 is 11.3 Å². The number of ether oxygens (including phenoxy) is 3. The predicted molar refractivity (Wildman–Crippen MR) is 117 cm³/mol. The number of amides is 2. The van der Waals surface area contributed by atoms with Gasteiger partial charge in [0.05, 0.1) is 27.4 Å². The number of nitrogens with zero attached hydrogens (tertiary/aromatic N) is 1. The summed E-state index contributed by atoms with van der Waals surface area (Å²) in [6.45, 7) is 0.494. The molecule has 1 aromatic heterocycles. The molecule has 12 heteroatoms. The number of hydrogen-bond acceptors (Lipinski definition) is 8. The van der Waals surface area contributed by atoms with Crippen molar-refractivity contribution >= 4 is 33.2 Å². The second-order valence-electron chi connectivity index (χ2n) is 6.78. The highest BCUT2D eigenvalue weighted by atomic mass is 32.2. The summed E-state index contributed by atoms with van der Waals surface area (Å²) in [4.78, 5) is 24.2. The molecule has 1 saturated heterocycles. The molecule has 2 amide bonds. The number of carbonyl (C=O) groups excluding carboxylic acids is 2. The quantitative estimate of drug-likeness (QED) is 0.500. The molecule has 0 spiro atoms. The minimum absolute atomic E-state index is 0.132. The monoisotopic (exact) mass is 483 g/mol. The minimum Gasteiger partial charge on any atom is -0.493 e. The molecular weight excluding hydrogens is 458 g/mol. The lowest BCUT2D eigenvalue weighted by Crippen LogP contribution is -2.47. The van der Waals surface area contributed by atoms with Gasteiger partial charge in [0.2, 0.25) is 0 Å². The number of nitrogens with one attached hydrogen (secondary N) is 2. The largest absolute Gasteiger partial charge is 0.493 e. The first kappa shape index (κ1) is 24.0. The minimum atomic E-state index is -3.71. The van der Waals surface area contributed by atoms with Crippen LogP contribution in [0.15, 0.2) is 39.9 Å². The van der Waals surface area contributed by atoms with Crippen molar-refractivity contribution in [3.8, 4) is 11.5 Å². The number of carbonyl (C=O) groups is 2. The summed E-state index contributed by atoms with van der Waals surface area (Å²) < 4.78 is 42.7. The summed E-state index contributed by atoms with van der Waals surface area (Å²) in [6, 6.07) is 8.57. The van der Waals surface area contributed by atoms with Gasteiger partial charge in [-0.05, 0) is 35.6 Å². The summed E-state index contributed by atoms with van der Waals surface area (Å²) in [5.41, 5.74) is 0.900. The van der Waals surface area contributed by atoms with E-state index in [2.05, 4.69) is 10.6 Å². The SMILES string of the molecule is COc1ccc(CCNC(=O)C(=O)NC[C@H]2OCCN2S(=O)(=O)c2cccs2)cc1OC. The number of sulfonamides is 1. The molecule has 32 heavy (non-hydrogen) atoms. The van der Waals surface area contributed by atoms with Crippen LogP contribution in [0.1, 0.15) is 5.56 Å². The van der Waals surface area contributed by atoms with Gasteiger partial charge >= 0.3 is 11.8 Å². The van der Waals surface area contributed by atoms with Gasteiger partial charge in [-0.15, -0.1) is 11.3 Å². The molecule has 10 nitrogen and oxygen atoms in total. The molecule has 2 heterocycles. The van der Waals surface area contributed by atoms with Gasteiger partial charge in [-0.3, -0.25) is 9.59 Å². The van der Waals surface area contributed by atoms with Crippen molar-refractivity contribution in [3.63, 3.8) is 0 Å². The molecule has 0 saturated carbocycles. The van der Waals surface area contributed by atoms with Crippen LogP contribution in [0.25, 0.3) is 0 Å². The standard InChI is InChI=1S/C20H25N3O7S2/c1-28-15-6-5-14(12-16(15)29-2)7-8-21-19(24)20(25)22-13-17-23(9-10-30-17)32(26,27)18-4-3-11-31-18/h3-6,11-12,17H,7-10,13H2,1-2H3,(H,21,24)(H,22,25)/t17-/m1/s1. The zero-order valence-corrected chi connectivity index (χ0v) is 19.3. The molecule has 1 aromatic carbocycles. The van der Waals surface area contributed by atoms with E-state index in [0.717, 1.165) is 16.9 Å². The van der Waals surface area contributed by atoms with Crippen molar-refractivity contribution in [1.82, 2.24) is 14.9 Å². The third kappa shape index (κ3) is 5.57. The van der Waals surface area contributed by atoms with Gasteiger partial charge in [-0.25, -0.2) is 8.42 Å². The number of benzene rings is 1. The molecule has 1 aliphatic heterocycles. The number of rotatable bonds is 9. The maximum Gasteiger partial charge on any atom is 0.309 e. The molecule has 1 atom stereocenters. The summed E-state index contributed by atoms with van der Waals surface area (Å²) in [5, 5.41) is 6.65. The van der Waals surface area contributed by atoms with E-state index in [1.807, 2.05) is 6.07 Å². The number of thiophene rings is 1. The highest BCUT2D eigenvalue weighted by molar-refractivity contribution is 7.91. The Labute approximate surface area is 190 Å². The zero-order chi connectivity index (χ0) is 23.1. The Balaban J connectivity index is 1.47. The molecule has 1 fully saturated rings. The van der Waals surface area contributed by atoms with Crippen LogP contribution in [-0.2, 0) is 30.8 Å². The normalized spacial score (nSPS) is 16.5. The van der Waals surface area contributed by atoms with Gasteiger partial charge in [0.15, 0.2) is 11.5 Å². The van der Waals surface area contributed by atoms with Crippen LogP contribution in [-0.4, -0.2) is 71.2 Å². The van der Waals surface area contributed by atoms with E-state index >= 15 is 0 Å². The number of hydrogen-bond donors (Lipinski definition) is 2. The van der Waals surface area contributed by atoms with Gasteiger partial charge in [0.1, 0.15) is 10.4 Å². The van der Waals surface area contributed by atoms with Gasteiger partial charge in [-0.1, -0.05) is 12.1 Å². The average Bonchev–Trinajstić information content (AvgIpc) is 3.50. The van der Waals surface area contributed by atoms with E-state index in [4.69, 9.17) is 14.2 Å². The van der Waals surface area contributed by atoms with Gasteiger partial charge in [0, 0.05) is 13.1 Å². The van der Waals surface area contributed by atoms with E-state index in [-0.39, 0.29) is 30.5 Å². The molecule has 174 valence electrons. The Hall–Kier alpha value is -2.67. The molecule has 0 radical (unpaired) electrons. The van der Waals surface area contributed by atoms with Crippen molar-refractivity contribution < 1.29 is 32.2 Å². The molecule has 1 aliphatic rings. The number of methoxy groups -OCH3 is 2. The summed E-state index contributed by atoms with van der Waals surface area (Å²) in [7, 11) is -0.631. The Morgan fingerprint density at radius 2 is 1.91 bits per heavy atom. The highest BCUT2D eigenvalue weighted by Crippen LogP contribution is 2.27. The zero-order valence-electron chi connectivity index (χ0n) is 17.7. The van der Waals surface area contributed by atoms with Crippen molar-refractivity contribution in [3.05, 3.63) is 41.3 Å². The van der Waals surface area contributed by atoms with Crippen molar-refractivity contribution in [2.75, 3.05) is 40.5 Å². The van der Waals surface area contributed by atoms with E-state index < -0.39 is 28.1 Å². The lowest BCUT2D eigenvalue weighted by molar-refractivity contribution is -0.139. The Morgan fingerprint density at radius 3 is 2.59 bits per heavy atom. The van der Waals surface area contributed by atoms with Gasteiger partial charge < -0.3 is 24.8 Å². The molecule has 0 unspecified atom stereocenters. The first-order valence-electron chi connectivity index (χ1n) is 9.80. The van der Waals surface area contributed by atoms with Crippen LogP contribution in [0, 0.1) is 0 Å². The Bertz CT molecular complexity index is 1040. The summed E-state index contributed by atoms with van der Waals surface area (Å²) in [5.74, 6) is -0.492. The summed E-state index contributed by atoms with van der Waals surface area (Å²) in [6.07, 6.45) is -0.386. The van der Waals surface area contributed by atoms with Crippen molar-refractivity contribution in [1.29, 1.82) is 0 Å². The summed E-state index contributed by atoms with van der Waals surface area (Å²) >= 11 is 1.11. The van der Waals surface area contributed by atoms with Crippen LogP contribution < -0.4 is 20.1 Å². The van der Waals surface area contributed by atoms with Gasteiger partial charge in [0.25, 0.3) is 10.0 Å². The second-order valence-corrected chi connectivity index (χ2v) is 9.84. The molecule has 0 bridgehead atoms. The van der Waals surface area contributed by atoms with E-state index in [0.29, 0.717) is 17.9 Å². The van der Waals surface area contributed by atoms with E-state index in [1.54, 1.807) is 30.7 Å². The van der Waals surface area contributed by atoms with Crippen LogP contribution in [0.5, 0.6) is 11.5 Å². The topological polar surface area (TPSA) is 123 Å². The van der Waals surface area contributed by atoms with Crippen LogP contribution in [0.4, 0.5) is 0 Å². The fourth-order valence-corrected chi connectivity index (χ4v) is 5.79. The second kappa shape index (κ2) is 10.8. The third-order valence-corrected chi connectivity index (χ3v) is 8.05. The first-order chi connectivity index (χ1) is 15.4. The maximum absolute atomic E-state index is 12.7. The van der Waals surface area contributed by atoms with Crippen molar-refractivity contribution in [2.24, 2.45) is 0 Å². The van der Waals surface area contributed by atoms with Gasteiger partial charge in [-0.2, -0.15) is 4.31 Å². The third-order valence-electron chi connectivity index (χ3n) is 4.79. The Kier molecular flexibility index (Phi) is 8.07. The molecule has 3 rings (SSSR count). The van der Waals surface area contributed by atoms with E-state index in [9.17, 15) is 18.0 Å².